The Morgan fingerprint density at radius 2 is 1.95 bits per heavy atom. The highest BCUT2D eigenvalue weighted by Crippen LogP contribution is 2.19. The zero-order valence-corrected chi connectivity index (χ0v) is 12.3. The summed E-state index contributed by atoms with van der Waals surface area (Å²) in [6, 6.07) is 9.03. The van der Waals surface area contributed by atoms with E-state index in [1.54, 1.807) is 12.1 Å². The molecule has 0 fully saturated rings. The van der Waals surface area contributed by atoms with Crippen LogP contribution in [0.15, 0.2) is 30.3 Å². The quantitative estimate of drug-likeness (QED) is 0.920. The molecule has 1 aromatic carbocycles. The molecule has 0 amide bonds. The highest BCUT2D eigenvalue weighted by Gasteiger charge is 2.15. The van der Waals surface area contributed by atoms with E-state index in [0.29, 0.717) is 11.0 Å². The van der Waals surface area contributed by atoms with Crippen LogP contribution in [0.5, 0.6) is 0 Å². The zero-order chi connectivity index (χ0) is 13.9. The first-order chi connectivity index (χ1) is 8.96. The molecule has 2 rings (SSSR count). The molecular formula is C12H15N3O2S2. The number of anilines is 1. The summed E-state index contributed by atoms with van der Waals surface area (Å²) in [7, 11) is -3.44. The Kier molecular flexibility index (Phi) is 4.16. The maximum Gasteiger partial charge on any atom is 0.238 e. The molecule has 0 atom stereocenters. The van der Waals surface area contributed by atoms with Crippen molar-refractivity contribution in [1.82, 2.24) is 9.36 Å². The fourth-order valence-corrected chi connectivity index (χ4v) is 3.58. The maximum atomic E-state index is 12.0. The fourth-order valence-electron chi connectivity index (χ4n) is 1.47. The normalized spacial score (nSPS) is 11.7. The van der Waals surface area contributed by atoms with Gasteiger partial charge in [0, 0.05) is 17.5 Å². The van der Waals surface area contributed by atoms with Crippen molar-refractivity contribution >= 4 is 26.7 Å². The van der Waals surface area contributed by atoms with E-state index >= 15 is 0 Å². The molecule has 0 spiro atoms. The van der Waals surface area contributed by atoms with Gasteiger partial charge in [0.25, 0.3) is 0 Å². The molecule has 102 valence electrons. The maximum absolute atomic E-state index is 12.0. The van der Waals surface area contributed by atoms with Gasteiger partial charge in [-0.2, -0.15) is 4.37 Å². The Morgan fingerprint density at radius 3 is 2.53 bits per heavy atom. The number of rotatable bonds is 5. The van der Waals surface area contributed by atoms with Crippen LogP contribution in [0.1, 0.15) is 31.2 Å². The van der Waals surface area contributed by atoms with Crippen LogP contribution in [-0.4, -0.2) is 17.8 Å². The SMILES string of the molecule is CC(C)c1nsc(NS(=O)(=O)Cc2ccccc2)n1. The van der Waals surface area contributed by atoms with E-state index in [4.69, 9.17) is 0 Å². The average Bonchev–Trinajstić information content (AvgIpc) is 2.77. The molecule has 1 N–H and O–H groups in total. The molecule has 5 nitrogen and oxygen atoms in total. The molecule has 0 saturated carbocycles. The summed E-state index contributed by atoms with van der Waals surface area (Å²) in [6.45, 7) is 3.93. The standard InChI is InChI=1S/C12H15N3O2S2/c1-9(2)11-13-12(18-14-11)15-19(16,17)8-10-6-4-3-5-7-10/h3-7,9H,8H2,1-2H3,(H,13,14,15). The van der Waals surface area contributed by atoms with E-state index in [1.165, 1.54) is 0 Å². The van der Waals surface area contributed by atoms with Crippen molar-refractivity contribution in [3.8, 4) is 0 Å². The molecule has 19 heavy (non-hydrogen) atoms. The van der Waals surface area contributed by atoms with Gasteiger partial charge < -0.3 is 0 Å². The van der Waals surface area contributed by atoms with Gasteiger partial charge in [0.15, 0.2) is 0 Å². The van der Waals surface area contributed by atoms with E-state index in [2.05, 4.69) is 14.1 Å². The molecule has 1 aromatic heterocycles. The molecule has 0 bridgehead atoms. The Hall–Kier alpha value is -1.47. The van der Waals surface area contributed by atoms with Gasteiger partial charge in [-0.05, 0) is 5.56 Å². The van der Waals surface area contributed by atoms with Crippen molar-refractivity contribution < 1.29 is 8.42 Å². The first kappa shape index (κ1) is 14.0. The predicted molar refractivity (Wildman–Crippen MR) is 76.7 cm³/mol. The van der Waals surface area contributed by atoms with Crippen LogP contribution >= 0.6 is 11.5 Å². The van der Waals surface area contributed by atoms with Gasteiger partial charge in [-0.15, -0.1) is 0 Å². The third-order valence-corrected chi connectivity index (χ3v) is 4.39. The second-order valence-corrected chi connectivity index (χ2v) is 6.93. The van der Waals surface area contributed by atoms with E-state index in [9.17, 15) is 8.42 Å². The summed E-state index contributed by atoms with van der Waals surface area (Å²) in [6.07, 6.45) is 0. The number of benzene rings is 1. The molecule has 0 unspecified atom stereocenters. The van der Waals surface area contributed by atoms with Crippen molar-refractivity contribution in [1.29, 1.82) is 0 Å². The molecule has 7 heteroatoms. The van der Waals surface area contributed by atoms with Crippen molar-refractivity contribution in [2.75, 3.05) is 4.72 Å². The van der Waals surface area contributed by atoms with Crippen molar-refractivity contribution in [2.24, 2.45) is 0 Å². The van der Waals surface area contributed by atoms with Crippen molar-refractivity contribution in [2.45, 2.75) is 25.5 Å². The molecule has 0 saturated heterocycles. The summed E-state index contributed by atoms with van der Waals surface area (Å²) in [4.78, 5) is 4.15. The van der Waals surface area contributed by atoms with Gasteiger partial charge in [-0.3, -0.25) is 4.72 Å². The lowest BCUT2D eigenvalue weighted by atomic mass is 10.2. The predicted octanol–water partition coefficient (Wildman–Crippen LogP) is 2.60. The second-order valence-electron chi connectivity index (χ2n) is 4.46. The average molecular weight is 297 g/mol. The highest BCUT2D eigenvalue weighted by molar-refractivity contribution is 7.92. The third kappa shape index (κ3) is 4.00. The number of aromatic nitrogens is 2. The largest absolute Gasteiger partial charge is 0.257 e. The highest BCUT2D eigenvalue weighted by atomic mass is 32.2. The number of nitrogens with one attached hydrogen (secondary N) is 1. The first-order valence-electron chi connectivity index (χ1n) is 5.84. The van der Waals surface area contributed by atoms with Crippen LogP contribution in [0.2, 0.25) is 0 Å². The minimum atomic E-state index is -3.44. The second kappa shape index (κ2) is 5.66. The van der Waals surface area contributed by atoms with Crippen LogP contribution < -0.4 is 4.72 Å². The topological polar surface area (TPSA) is 72.0 Å². The van der Waals surface area contributed by atoms with Gasteiger partial charge in [0.1, 0.15) is 5.82 Å². The first-order valence-corrected chi connectivity index (χ1v) is 8.27. The van der Waals surface area contributed by atoms with Crippen LogP contribution in [0.25, 0.3) is 0 Å². The summed E-state index contributed by atoms with van der Waals surface area (Å²) in [5.41, 5.74) is 0.739. The lowest BCUT2D eigenvalue weighted by molar-refractivity contribution is 0.600. The molecular weight excluding hydrogens is 282 g/mol. The van der Waals surface area contributed by atoms with Crippen molar-refractivity contribution in [3.63, 3.8) is 0 Å². The molecule has 0 radical (unpaired) electrons. The summed E-state index contributed by atoms with van der Waals surface area (Å²) in [5, 5.41) is 0.319. The minimum absolute atomic E-state index is 0.0650. The third-order valence-electron chi connectivity index (χ3n) is 2.40. The lowest BCUT2D eigenvalue weighted by Crippen LogP contribution is -2.15. The van der Waals surface area contributed by atoms with Gasteiger partial charge >= 0.3 is 0 Å². The van der Waals surface area contributed by atoms with Crippen LogP contribution in [0.3, 0.4) is 0 Å². The Bertz CT molecular complexity index is 636. The molecule has 2 aromatic rings. The van der Waals surface area contributed by atoms with Crippen LogP contribution in [0.4, 0.5) is 5.13 Å². The van der Waals surface area contributed by atoms with Gasteiger partial charge in [-0.1, -0.05) is 44.2 Å². The fraction of sp³-hybridized carbons (Fsp3) is 0.333. The zero-order valence-electron chi connectivity index (χ0n) is 10.7. The van der Waals surface area contributed by atoms with E-state index in [-0.39, 0.29) is 11.7 Å². The number of nitrogens with zero attached hydrogens (tertiary/aromatic N) is 2. The molecule has 0 aliphatic rings. The van der Waals surface area contributed by atoms with Gasteiger partial charge in [0.05, 0.1) is 5.75 Å². The number of hydrogen-bond donors (Lipinski definition) is 1. The minimum Gasteiger partial charge on any atom is -0.257 e. The lowest BCUT2D eigenvalue weighted by Gasteiger charge is -2.04. The summed E-state index contributed by atoms with van der Waals surface area (Å²) in [5.74, 6) is 0.774. The molecule has 0 aliphatic carbocycles. The van der Waals surface area contributed by atoms with E-state index < -0.39 is 10.0 Å². The number of sulfonamides is 1. The Morgan fingerprint density at radius 1 is 1.26 bits per heavy atom. The van der Waals surface area contributed by atoms with Crippen LogP contribution in [0, 0.1) is 0 Å². The van der Waals surface area contributed by atoms with Gasteiger partial charge in [0.2, 0.25) is 15.2 Å². The number of hydrogen-bond acceptors (Lipinski definition) is 5. The van der Waals surface area contributed by atoms with Crippen molar-refractivity contribution in [3.05, 3.63) is 41.7 Å². The summed E-state index contributed by atoms with van der Waals surface area (Å²) >= 11 is 1.06. The van der Waals surface area contributed by atoms with E-state index in [1.807, 2.05) is 32.0 Å². The molecule has 1 heterocycles. The Labute approximate surface area is 116 Å². The monoisotopic (exact) mass is 297 g/mol. The smallest absolute Gasteiger partial charge is 0.238 e. The Balaban J connectivity index is 2.08. The van der Waals surface area contributed by atoms with Gasteiger partial charge in [-0.25, -0.2) is 13.4 Å². The van der Waals surface area contributed by atoms with E-state index in [0.717, 1.165) is 17.1 Å². The summed E-state index contributed by atoms with van der Waals surface area (Å²) < 4.78 is 30.5. The molecule has 0 aliphatic heterocycles. The van der Waals surface area contributed by atoms with Crippen LogP contribution in [-0.2, 0) is 15.8 Å².